The number of rotatable bonds is 8. The molecule has 1 heterocycles. The molecule has 1 saturated carbocycles. The van der Waals surface area contributed by atoms with E-state index in [4.69, 9.17) is 9.26 Å². The topological polar surface area (TPSA) is 60.2 Å². The van der Waals surface area contributed by atoms with E-state index in [1.165, 1.54) is 12.8 Å². The van der Waals surface area contributed by atoms with Crippen molar-refractivity contribution in [2.75, 3.05) is 13.2 Å². The minimum Gasteiger partial charge on any atom is -0.367 e. The van der Waals surface area contributed by atoms with E-state index in [9.17, 15) is 0 Å². The molecule has 1 fully saturated rings. The zero-order valence-electron chi connectivity index (χ0n) is 11.5. The highest BCUT2D eigenvalue weighted by molar-refractivity contribution is 4.99. The molecular formula is C13H23N3O2. The molecule has 5 heteroatoms. The van der Waals surface area contributed by atoms with E-state index in [0.29, 0.717) is 24.9 Å². The van der Waals surface area contributed by atoms with E-state index >= 15 is 0 Å². The van der Waals surface area contributed by atoms with Gasteiger partial charge in [-0.3, -0.25) is 0 Å². The first-order valence-corrected chi connectivity index (χ1v) is 6.85. The first-order valence-electron chi connectivity index (χ1n) is 6.85. The molecule has 0 aliphatic heterocycles. The first kappa shape index (κ1) is 13.5. The average Bonchev–Trinajstić information content (AvgIpc) is 3.05. The summed E-state index contributed by atoms with van der Waals surface area (Å²) >= 11 is 0. The normalized spacial score (nSPS) is 18.8. The first-order chi connectivity index (χ1) is 8.68. The average molecular weight is 253 g/mol. The maximum Gasteiger partial charge on any atom is 0.240 e. The summed E-state index contributed by atoms with van der Waals surface area (Å²) in [7, 11) is 0. The molecule has 1 aliphatic carbocycles. The van der Waals surface area contributed by atoms with Crippen molar-refractivity contribution in [1.82, 2.24) is 15.5 Å². The van der Waals surface area contributed by atoms with Crippen molar-refractivity contribution in [3.05, 3.63) is 11.7 Å². The Kier molecular flexibility index (Phi) is 4.35. The highest BCUT2D eigenvalue weighted by atomic mass is 16.5. The molecule has 0 bridgehead atoms. The van der Waals surface area contributed by atoms with Crippen molar-refractivity contribution in [3.8, 4) is 0 Å². The van der Waals surface area contributed by atoms with E-state index in [2.05, 4.69) is 22.4 Å². The quantitative estimate of drug-likeness (QED) is 0.770. The van der Waals surface area contributed by atoms with E-state index in [-0.39, 0.29) is 0 Å². The van der Waals surface area contributed by atoms with Gasteiger partial charge in [-0.2, -0.15) is 4.98 Å². The molecule has 1 aromatic heterocycles. The molecule has 1 atom stereocenters. The highest BCUT2D eigenvalue weighted by Gasteiger charge is 2.30. The van der Waals surface area contributed by atoms with Crippen LogP contribution < -0.4 is 5.32 Å². The Morgan fingerprint density at radius 2 is 2.22 bits per heavy atom. The van der Waals surface area contributed by atoms with Gasteiger partial charge in [-0.15, -0.1) is 0 Å². The lowest BCUT2D eigenvalue weighted by atomic mass is 10.0. The predicted octanol–water partition coefficient (Wildman–Crippen LogP) is 2.23. The molecule has 18 heavy (non-hydrogen) atoms. The second kappa shape index (κ2) is 5.80. The van der Waals surface area contributed by atoms with Gasteiger partial charge in [0.25, 0.3) is 0 Å². The van der Waals surface area contributed by atoms with Crippen molar-refractivity contribution in [2.45, 2.75) is 52.2 Å². The van der Waals surface area contributed by atoms with Gasteiger partial charge in [0.05, 0.1) is 6.54 Å². The predicted molar refractivity (Wildman–Crippen MR) is 68.0 cm³/mol. The third-order valence-corrected chi connectivity index (χ3v) is 3.48. The smallest absolute Gasteiger partial charge is 0.240 e. The summed E-state index contributed by atoms with van der Waals surface area (Å²) in [6.07, 6.45) is 3.52. The molecule has 0 radical (unpaired) electrons. The van der Waals surface area contributed by atoms with Crippen LogP contribution in [0.4, 0.5) is 0 Å². The molecule has 0 amide bonds. The standard InChI is InChI=1S/C13H23N3O2/c1-4-13(3,17-5-2)12-15-11(18-16-12)9-14-8-10-6-7-10/h10,14H,4-9H2,1-3H3. The third kappa shape index (κ3) is 3.29. The molecular weight excluding hydrogens is 230 g/mol. The van der Waals surface area contributed by atoms with Gasteiger partial charge in [0.1, 0.15) is 5.60 Å². The van der Waals surface area contributed by atoms with Crippen molar-refractivity contribution >= 4 is 0 Å². The Balaban J connectivity index is 1.90. The minimum absolute atomic E-state index is 0.438. The molecule has 0 aromatic carbocycles. The monoisotopic (exact) mass is 253 g/mol. The molecule has 1 N–H and O–H groups in total. The van der Waals surface area contributed by atoms with Gasteiger partial charge in [-0.25, -0.2) is 0 Å². The zero-order valence-corrected chi connectivity index (χ0v) is 11.5. The van der Waals surface area contributed by atoms with Crippen LogP contribution in [0.3, 0.4) is 0 Å². The summed E-state index contributed by atoms with van der Waals surface area (Å²) in [5.74, 6) is 2.15. The lowest BCUT2D eigenvalue weighted by molar-refractivity contribution is -0.0403. The summed E-state index contributed by atoms with van der Waals surface area (Å²) in [5, 5.41) is 7.38. The molecule has 1 aliphatic rings. The Labute approximate surface area is 108 Å². The van der Waals surface area contributed by atoms with Crippen LogP contribution >= 0.6 is 0 Å². The van der Waals surface area contributed by atoms with Crippen LogP contribution in [0.25, 0.3) is 0 Å². The fourth-order valence-corrected chi connectivity index (χ4v) is 1.89. The minimum atomic E-state index is -0.438. The lowest BCUT2D eigenvalue weighted by Crippen LogP contribution is -2.26. The number of aromatic nitrogens is 2. The van der Waals surface area contributed by atoms with E-state index in [1.807, 2.05) is 13.8 Å². The van der Waals surface area contributed by atoms with Crippen molar-refractivity contribution in [1.29, 1.82) is 0 Å². The van der Waals surface area contributed by atoms with Gasteiger partial charge in [0, 0.05) is 6.61 Å². The van der Waals surface area contributed by atoms with Gasteiger partial charge < -0.3 is 14.6 Å². The third-order valence-electron chi connectivity index (χ3n) is 3.48. The van der Waals surface area contributed by atoms with Crippen molar-refractivity contribution < 1.29 is 9.26 Å². The lowest BCUT2D eigenvalue weighted by Gasteiger charge is -2.23. The maximum absolute atomic E-state index is 5.73. The number of hydrogen-bond donors (Lipinski definition) is 1. The van der Waals surface area contributed by atoms with Crippen LogP contribution in [0.1, 0.15) is 51.7 Å². The largest absolute Gasteiger partial charge is 0.367 e. The second-order valence-electron chi connectivity index (χ2n) is 5.10. The van der Waals surface area contributed by atoms with Crippen LogP contribution in [0.2, 0.25) is 0 Å². The molecule has 2 rings (SSSR count). The fourth-order valence-electron chi connectivity index (χ4n) is 1.89. The van der Waals surface area contributed by atoms with Crippen LogP contribution in [0, 0.1) is 5.92 Å². The maximum atomic E-state index is 5.73. The SMILES string of the molecule is CCOC(C)(CC)c1noc(CNCC2CC2)n1. The zero-order chi connectivity index (χ0) is 13.0. The molecule has 1 aromatic rings. The van der Waals surface area contributed by atoms with Crippen molar-refractivity contribution in [3.63, 3.8) is 0 Å². The van der Waals surface area contributed by atoms with E-state index in [1.54, 1.807) is 0 Å². The van der Waals surface area contributed by atoms with E-state index < -0.39 is 5.60 Å². The number of hydrogen-bond acceptors (Lipinski definition) is 5. The Morgan fingerprint density at radius 1 is 1.44 bits per heavy atom. The molecule has 102 valence electrons. The number of nitrogens with one attached hydrogen (secondary N) is 1. The molecule has 1 unspecified atom stereocenters. The Morgan fingerprint density at radius 3 is 2.83 bits per heavy atom. The van der Waals surface area contributed by atoms with E-state index in [0.717, 1.165) is 18.9 Å². The van der Waals surface area contributed by atoms with Gasteiger partial charge in [0.2, 0.25) is 11.7 Å². The van der Waals surface area contributed by atoms with Crippen LogP contribution in [-0.4, -0.2) is 23.3 Å². The summed E-state index contributed by atoms with van der Waals surface area (Å²) in [5.41, 5.74) is -0.438. The summed E-state index contributed by atoms with van der Waals surface area (Å²) in [4.78, 5) is 4.42. The summed E-state index contributed by atoms with van der Waals surface area (Å²) in [6, 6.07) is 0. The van der Waals surface area contributed by atoms with Gasteiger partial charge in [-0.05, 0) is 45.6 Å². The Hall–Kier alpha value is -0.940. The van der Waals surface area contributed by atoms with Gasteiger partial charge in [0.15, 0.2) is 0 Å². The highest BCUT2D eigenvalue weighted by Crippen LogP contribution is 2.28. The molecule has 0 spiro atoms. The number of ether oxygens (including phenoxy) is 1. The molecule has 5 nitrogen and oxygen atoms in total. The second-order valence-corrected chi connectivity index (χ2v) is 5.10. The molecule has 0 saturated heterocycles. The van der Waals surface area contributed by atoms with Crippen LogP contribution in [0.15, 0.2) is 4.52 Å². The van der Waals surface area contributed by atoms with Crippen LogP contribution in [-0.2, 0) is 16.9 Å². The summed E-state index contributed by atoms with van der Waals surface area (Å²) in [6.45, 7) is 8.39. The number of nitrogens with zero attached hydrogens (tertiary/aromatic N) is 2. The van der Waals surface area contributed by atoms with Crippen molar-refractivity contribution in [2.24, 2.45) is 5.92 Å². The van der Waals surface area contributed by atoms with Gasteiger partial charge in [-0.1, -0.05) is 12.1 Å². The van der Waals surface area contributed by atoms with Gasteiger partial charge >= 0.3 is 0 Å². The van der Waals surface area contributed by atoms with Crippen LogP contribution in [0.5, 0.6) is 0 Å². The summed E-state index contributed by atoms with van der Waals surface area (Å²) < 4.78 is 11.0. The fraction of sp³-hybridized carbons (Fsp3) is 0.846. The Bertz CT molecular complexity index is 376.